The van der Waals surface area contributed by atoms with Gasteiger partial charge in [0, 0.05) is 24.4 Å². The number of anilines is 1. The molecule has 0 unspecified atom stereocenters. The van der Waals surface area contributed by atoms with E-state index in [9.17, 15) is 4.79 Å². The maximum absolute atomic E-state index is 11.0. The fraction of sp³-hybridized carbons (Fsp3) is 0.154. The van der Waals surface area contributed by atoms with Crippen LogP contribution in [0.15, 0.2) is 36.7 Å². The Morgan fingerprint density at radius 3 is 2.82 bits per heavy atom. The molecule has 0 spiro atoms. The first-order valence-corrected chi connectivity index (χ1v) is 5.32. The average Bonchev–Trinajstić information content (AvgIpc) is 2.28. The van der Waals surface area contributed by atoms with E-state index in [1.54, 1.807) is 12.4 Å². The Bertz CT molecular complexity index is 552. The lowest BCUT2D eigenvalue weighted by atomic mass is 10.1. The van der Waals surface area contributed by atoms with Crippen LogP contribution in [0.25, 0.3) is 11.3 Å². The Morgan fingerprint density at radius 2 is 2.12 bits per heavy atom. The van der Waals surface area contributed by atoms with E-state index in [4.69, 9.17) is 0 Å². The maximum Gasteiger partial charge on any atom is 0.221 e. The van der Waals surface area contributed by atoms with E-state index in [2.05, 4.69) is 15.3 Å². The normalized spacial score (nSPS) is 10.0. The predicted octanol–water partition coefficient (Wildman–Crippen LogP) is 2.41. The van der Waals surface area contributed by atoms with Gasteiger partial charge < -0.3 is 5.32 Å². The first-order chi connectivity index (χ1) is 8.15. The number of rotatable bonds is 2. The quantitative estimate of drug-likeness (QED) is 0.857. The van der Waals surface area contributed by atoms with Crippen molar-refractivity contribution in [3.05, 3.63) is 42.4 Å². The van der Waals surface area contributed by atoms with Gasteiger partial charge in [-0.2, -0.15) is 0 Å². The van der Waals surface area contributed by atoms with Crippen LogP contribution in [0.5, 0.6) is 0 Å². The highest BCUT2D eigenvalue weighted by molar-refractivity contribution is 5.89. The minimum atomic E-state index is -0.0857. The van der Waals surface area contributed by atoms with E-state index < -0.39 is 0 Å². The molecule has 17 heavy (non-hydrogen) atoms. The molecule has 86 valence electrons. The Hall–Kier alpha value is -2.23. The monoisotopic (exact) mass is 227 g/mol. The van der Waals surface area contributed by atoms with E-state index in [-0.39, 0.29) is 5.91 Å². The van der Waals surface area contributed by atoms with E-state index in [1.807, 2.05) is 31.2 Å². The second-order valence-electron chi connectivity index (χ2n) is 3.81. The second kappa shape index (κ2) is 4.74. The van der Waals surface area contributed by atoms with Gasteiger partial charge >= 0.3 is 0 Å². The zero-order valence-electron chi connectivity index (χ0n) is 9.77. The Morgan fingerprint density at radius 1 is 1.29 bits per heavy atom. The molecular formula is C13H13N3O. The smallest absolute Gasteiger partial charge is 0.221 e. The summed E-state index contributed by atoms with van der Waals surface area (Å²) < 4.78 is 0. The van der Waals surface area contributed by atoms with Crippen LogP contribution in [-0.2, 0) is 4.79 Å². The molecule has 1 heterocycles. The topological polar surface area (TPSA) is 54.9 Å². The van der Waals surface area contributed by atoms with Crippen molar-refractivity contribution in [1.82, 2.24) is 9.97 Å². The van der Waals surface area contributed by atoms with E-state index >= 15 is 0 Å². The van der Waals surface area contributed by atoms with Crippen molar-refractivity contribution in [3.63, 3.8) is 0 Å². The molecule has 0 aliphatic heterocycles. The van der Waals surface area contributed by atoms with Gasteiger partial charge in [-0.05, 0) is 19.1 Å². The van der Waals surface area contributed by atoms with Crippen LogP contribution in [0.3, 0.4) is 0 Å². The number of hydrogen-bond donors (Lipinski definition) is 1. The average molecular weight is 227 g/mol. The minimum absolute atomic E-state index is 0.0857. The molecule has 0 radical (unpaired) electrons. The molecule has 2 rings (SSSR count). The molecule has 0 bridgehead atoms. The van der Waals surface area contributed by atoms with E-state index in [0.29, 0.717) is 0 Å². The van der Waals surface area contributed by atoms with E-state index in [1.165, 1.54) is 6.92 Å². The van der Waals surface area contributed by atoms with E-state index in [0.717, 1.165) is 22.6 Å². The summed E-state index contributed by atoms with van der Waals surface area (Å²) in [6.07, 6.45) is 3.42. The van der Waals surface area contributed by atoms with Crippen LogP contribution in [0.2, 0.25) is 0 Å². The number of aryl methyl sites for hydroxylation is 1. The summed E-state index contributed by atoms with van der Waals surface area (Å²) in [6.45, 7) is 3.38. The molecule has 4 nitrogen and oxygen atoms in total. The van der Waals surface area contributed by atoms with Crippen molar-refractivity contribution < 1.29 is 4.79 Å². The summed E-state index contributed by atoms with van der Waals surface area (Å²) >= 11 is 0. The van der Waals surface area contributed by atoms with Crippen LogP contribution in [0.1, 0.15) is 12.6 Å². The first-order valence-electron chi connectivity index (χ1n) is 5.32. The molecule has 0 fully saturated rings. The Labute approximate surface area is 99.7 Å². The molecule has 0 aliphatic rings. The van der Waals surface area contributed by atoms with Crippen molar-refractivity contribution in [2.75, 3.05) is 5.32 Å². The number of carbonyl (C=O) groups is 1. The van der Waals surface area contributed by atoms with Gasteiger partial charge in [0.2, 0.25) is 5.91 Å². The standard InChI is InChI=1S/C13H13N3O/c1-9-7-14-8-13(15-9)11-4-3-5-12(6-11)16-10(2)17/h3-8H,1-2H3,(H,16,17). The van der Waals surface area contributed by atoms with Gasteiger partial charge in [0.1, 0.15) is 0 Å². The molecule has 0 saturated carbocycles. The summed E-state index contributed by atoms with van der Waals surface area (Å²) in [4.78, 5) is 19.5. The third-order valence-electron chi connectivity index (χ3n) is 2.23. The lowest BCUT2D eigenvalue weighted by Crippen LogP contribution is -2.05. The zero-order valence-corrected chi connectivity index (χ0v) is 9.77. The van der Waals surface area contributed by atoms with Gasteiger partial charge in [0.15, 0.2) is 0 Å². The lowest BCUT2D eigenvalue weighted by Gasteiger charge is -2.05. The van der Waals surface area contributed by atoms with Crippen LogP contribution in [0.4, 0.5) is 5.69 Å². The second-order valence-corrected chi connectivity index (χ2v) is 3.81. The SMILES string of the molecule is CC(=O)Nc1cccc(-c2cncc(C)n2)c1. The third kappa shape index (κ3) is 2.87. The predicted molar refractivity (Wildman–Crippen MR) is 66.5 cm³/mol. The highest BCUT2D eigenvalue weighted by atomic mass is 16.1. The molecule has 4 heteroatoms. The van der Waals surface area contributed by atoms with Crippen LogP contribution >= 0.6 is 0 Å². The number of carbonyl (C=O) groups excluding carboxylic acids is 1. The van der Waals surface area contributed by atoms with Gasteiger partial charge in [-0.1, -0.05) is 12.1 Å². The number of amides is 1. The first kappa shape index (κ1) is 11.3. The molecule has 1 aromatic heterocycles. The molecule has 2 aromatic rings. The zero-order chi connectivity index (χ0) is 12.3. The molecular weight excluding hydrogens is 214 g/mol. The molecule has 1 amide bonds. The maximum atomic E-state index is 11.0. The van der Waals surface area contributed by atoms with Crippen molar-refractivity contribution in [3.8, 4) is 11.3 Å². The highest BCUT2D eigenvalue weighted by Gasteiger charge is 2.02. The van der Waals surface area contributed by atoms with Crippen molar-refractivity contribution in [2.24, 2.45) is 0 Å². The van der Waals surface area contributed by atoms with Crippen LogP contribution in [0, 0.1) is 6.92 Å². The molecule has 0 atom stereocenters. The number of aromatic nitrogens is 2. The number of benzene rings is 1. The molecule has 0 aliphatic carbocycles. The minimum Gasteiger partial charge on any atom is -0.326 e. The van der Waals surface area contributed by atoms with Gasteiger partial charge in [-0.15, -0.1) is 0 Å². The summed E-state index contributed by atoms with van der Waals surface area (Å²) in [7, 11) is 0. The summed E-state index contributed by atoms with van der Waals surface area (Å²) in [6, 6.07) is 7.54. The van der Waals surface area contributed by atoms with Gasteiger partial charge in [-0.25, -0.2) is 4.98 Å². The molecule has 1 aromatic carbocycles. The fourth-order valence-corrected chi connectivity index (χ4v) is 1.56. The van der Waals surface area contributed by atoms with Crippen LogP contribution < -0.4 is 5.32 Å². The van der Waals surface area contributed by atoms with Gasteiger partial charge in [0.25, 0.3) is 0 Å². The van der Waals surface area contributed by atoms with Crippen molar-refractivity contribution >= 4 is 11.6 Å². The van der Waals surface area contributed by atoms with Crippen molar-refractivity contribution in [2.45, 2.75) is 13.8 Å². The summed E-state index contributed by atoms with van der Waals surface area (Å²) in [5, 5.41) is 2.74. The number of nitrogens with one attached hydrogen (secondary N) is 1. The van der Waals surface area contributed by atoms with Crippen LogP contribution in [-0.4, -0.2) is 15.9 Å². The van der Waals surface area contributed by atoms with Gasteiger partial charge in [0.05, 0.1) is 17.6 Å². The summed E-state index contributed by atoms with van der Waals surface area (Å²) in [5.41, 5.74) is 3.37. The lowest BCUT2D eigenvalue weighted by molar-refractivity contribution is -0.114. The summed E-state index contributed by atoms with van der Waals surface area (Å²) in [5.74, 6) is -0.0857. The Balaban J connectivity index is 2.36. The largest absolute Gasteiger partial charge is 0.326 e. The molecule has 1 N–H and O–H groups in total. The highest BCUT2D eigenvalue weighted by Crippen LogP contribution is 2.20. The van der Waals surface area contributed by atoms with Crippen molar-refractivity contribution in [1.29, 1.82) is 0 Å². The third-order valence-corrected chi connectivity index (χ3v) is 2.23. The number of nitrogens with zero attached hydrogens (tertiary/aromatic N) is 2. The van der Waals surface area contributed by atoms with Gasteiger partial charge in [-0.3, -0.25) is 9.78 Å². The number of hydrogen-bond acceptors (Lipinski definition) is 3. The Kier molecular flexibility index (Phi) is 3.14. The fourth-order valence-electron chi connectivity index (χ4n) is 1.56. The molecule has 0 saturated heterocycles.